The summed E-state index contributed by atoms with van der Waals surface area (Å²) in [7, 11) is 0. The number of aromatic nitrogens is 1. The molecule has 0 spiro atoms. The number of carbonyl (C=O) groups is 1. The molecule has 1 aromatic carbocycles. The predicted octanol–water partition coefficient (Wildman–Crippen LogP) is 2.21. The van der Waals surface area contributed by atoms with Gasteiger partial charge < -0.3 is 9.72 Å². The molecule has 3 heterocycles. The summed E-state index contributed by atoms with van der Waals surface area (Å²) in [5.74, 6) is 0.837. The maximum Gasteiger partial charge on any atom is 0.316 e. The van der Waals surface area contributed by atoms with Crippen molar-refractivity contribution >= 4 is 29.1 Å². The van der Waals surface area contributed by atoms with Crippen LogP contribution in [0.2, 0.25) is 0 Å². The van der Waals surface area contributed by atoms with E-state index in [-0.39, 0.29) is 22.7 Å². The molecular formula is C13H9NO3S2. The molecule has 19 heavy (non-hydrogen) atoms. The second-order valence-corrected chi connectivity index (χ2v) is 6.61. The van der Waals surface area contributed by atoms with Gasteiger partial charge in [-0.05, 0) is 6.07 Å². The van der Waals surface area contributed by atoms with Crippen LogP contribution >= 0.6 is 23.1 Å². The summed E-state index contributed by atoms with van der Waals surface area (Å²) in [4.78, 5) is 27.4. The minimum Gasteiger partial charge on any atom is -0.426 e. The molecule has 0 radical (unpaired) electrons. The van der Waals surface area contributed by atoms with Gasteiger partial charge >= 0.3 is 10.8 Å². The maximum atomic E-state index is 12.1. The largest absolute Gasteiger partial charge is 0.426 e. The summed E-state index contributed by atoms with van der Waals surface area (Å²) in [6.07, 6.45) is 0. The Kier molecular flexibility index (Phi) is 2.37. The molecule has 4 rings (SSSR count). The van der Waals surface area contributed by atoms with Gasteiger partial charge in [0.05, 0.1) is 10.9 Å². The Bertz CT molecular complexity index is 733. The number of fused-ring (bicyclic) bond motifs is 5. The molecule has 0 unspecified atom stereocenters. The van der Waals surface area contributed by atoms with Crippen molar-refractivity contribution in [1.82, 2.24) is 4.98 Å². The number of para-hydroxylation sites is 1. The van der Waals surface area contributed by atoms with Crippen LogP contribution in [0.5, 0.6) is 5.75 Å². The third-order valence-corrected chi connectivity index (χ3v) is 5.73. The number of thioether (sulfide) groups is 1. The van der Waals surface area contributed by atoms with E-state index in [1.165, 1.54) is 23.1 Å². The van der Waals surface area contributed by atoms with Crippen LogP contribution < -0.4 is 9.61 Å². The SMILES string of the molecule is O=C1Oc2ccccc2[C@@H]2c3sc(=O)[nH]c3SC[C@@H]12. The Morgan fingerprint density at radius 3 is 3.00 bits per heavy atom. The standard InChI is InChI=1S/C13H9NO3S2/c15-12-7-5-18-11-10(19-13(16)14-11)9(7)6-3-1-2-4-8(6)17-12/h1-4,7,9H,5H2,(H,14,16)/t7-,9+/m1/s1. The Hall–Kier alpha value is -1.53. The van der Waals surface area contributed by atoms with Gasteiger partial charge in [0, 0.05) is 22.1 Å². The molecule has 0 amide bonds. The molecular weight excluding hydrogens is 282 g/mol. The average Bonchev–Trinajstić information content (AvgIpc) is 2.79. The second kappa shape index (κ2) is 3.98. The average molecular weight is 291 g/mol. The van der Waals surface area contributed by atoms with Crippen molar-refractivity contribution in [3.05, 3.63) is 44.4 Å². The number of aromatic amines is 1. The first-order chi connectivity index (χ1) is 9.24. The van der Waals surface area contributed by atoms with E-state index in [9.17, 15) is 9.59 Å². The number of rotatable bonds is 0. The smallest absolute Gasteiger partial charge is 0.316 e. The number of esters is 1. The fraction of sp³-hybridized carbons (Fsp3) is 0.231. The van der Waals surface area contributed by atoms with Crippen LogP contribution in [-0.4, -0.2) is 16.7 Å². The summed E-state index contributed by atoms with van der Waals surface area (Å²) in [6.45, 7) is 0. The number of thiazole rings is 1. The van der Waals surface area contributed by atoms with Crippen molar-refractivity contribution in [3.63, 3.8) is 0 Å². The molecule has 2 aromatic rings. The van der Waals surface area contributed by atoms with E-state index in [1.54, 1.807) is 6.07 Å². The van der Waals surface area contributed by atoms with Crippen molar-refractivity contribution in [2.75, 3.05) is 5.75 Å². The molecule has 1 N–H and O–H groups in total. The molecule has 2 atom stereocenters. The molecule has 0 fully saturated rings. The van der Waals surface area contributed by atoms with Crippen molar-refractivity contribution in [3.8, 4) is 5.75 Å². The van der Waals surface area contributed by atoms with E-state index >= 15 is 0 Å². The normalized spacial score (nSPS) is 24.1. The molecule has 1 aromatic heterocycles. The summed E-state index contributed by atoms with van der Waals surface area (Å²) in [5.41, 5.74) is 1.00. The van der Waals surface area contributed by atoms with Crippen LogP contribution in [0, 0.1) is 5.92 Å². The zero-order chi connectivity index (χ0) is 13.0. The van der Waals surface area contributed by atoms with Gasteiger partial charge in [0.2, 0.25) is 0 Å². The van der Waals surface area contributed by atoms with Crippen LogP contribution in [-0.2, 0) is 4.79 Å². The predicted molar refractivity (Wildman–Crippen MR) is 73.1 cm³/mol. The highest BCUT2D eigenvalue weighted by Crippen LogP contribution is 2.50. The number of ether oxygens (including phenoxy) is 1. The lowest BCUT2D eigenvalue weighted by Gasteiger charge is -2.34. The maximum absolute atomic E-state index is 12.1. The van der Waals surface area contributed by atoms with Gasteiger partial charge in [0.15, 0.2) is 0 Å². The second-order valence-electron chi connectivity index (χ2n) is 4.56. The van der Waals surface area contributed by atoms with Crippen LogP contribution in [0.1, 0.15) is 16.4 Å². The Balaban J connectivity index is 1.97. The van der Waals surface area contributed by atoms with Gasteiger partial charge in [-0.25, -0.2) is 0 Å². The summed E-state index contributed by atoms with van der Waals surface area (Å²) in [5, 5.41) is 0.903. The Labute approximate surface area is 116 Å². The highest BCUT2D eigenvalue weighted by atomic mass is 32.2. The summed E-state index contributed by atoms with van der Waals surface area (Å²) in [6, 6.07) is 7.57. The number of carbonyl (C=O) groups excluding carboxylic acids is 1. The molecule has 2 aliphatic rings. The van der Waals surface area contributed by atoms with E-state index in [0.717, 1.165) is 15.5 Å². The van der Waals surface area contributed by atoms with Crippen LogP contribution in [0.15, 0.2) is 34.1 Å². The van der Waals surface area contributed by atoms with Crippen LogP contribution in [0.4, 0.5) is 0 Å². The number of H-pyrrole nitrogens is 1. The van der Waals surface area contributed by atoms with E-state index < -0.39 is 0 Å². The Morgan fingerprint density at radius 2 is 2.11 bits per heavy atom. The van der Waals surface area contributed by atoms with E-state index in [1.807, 2.05) is 18.2 Å². The van der Waals surface area contributed by atoms with E-state index in [0.29, 0.717) is 11.5 Å². The summed E-state index contributed by atoms with van der Waals surface area (Å²) >= 11 is 2.73. The highest BCUT2D eigenvalue weighted by molar-refractivity contribution is 7.99. The zero-order valence-electron chi connectivity index (χ0n) is 9.71. The molecule has 6 heteroatoms. The number of nitrogens with one attached hydrogen (secondary N) is 1. The lowest BCUT2D eigenvalue weighted by molar-refractivity contribution is -0.139. The third-order valence-electron chi connectivity index (χ3n) is 3.50. The topological polar surface area (TPSA) is 59.2 Å². The molecule has 96 valence electrons. The van der Waals surface area contributed by atoms with Gasteiger partial charge in [0.1, 0.15) is 5.75 Å². The van der Waals surface area contributed by atoms with Crippen LogP contribution in [0.25, 0.3) is 0 Å². The first kappa shape index (κ1) is 11.3. The highest BCUT2D eigenvalue weighted by Gasteiger charge is 2.43. The van der Waals surface area contributed by atoms with Crippen molar-refractivity contribution in [2.24, 2.45) is 5.92 Å². The van der Waals surface area contributed by atoms with Gasteiger partial charge in [-0.15, -0.1) is 11.8 Å². The van der Waals surface area contributed by atoms with Crippen LogP contribution in [0.3, 0.4) is 0 Å². The zero-order valence-corrected chi connectivity index (χ0v) is 11.3. The number of hydrogen-bond donors (Lipinski definition) is 1. The van der Waals surface area contributed by atoms with Crippen molar-refractivity contribution in [1.29, 1.82) is 0 Å². The molecule has 2 aliphatic heterocycles. The lowest BCUT2D eigenvalue weighted by Crippen LogP contribution is -2.35. The van der Waals surface area contributed by atoms with Gasteiger partial charge in [0.25, 0.3) is 0 Å². The first-order valence-electron chi connectivity index (χ1n) is 5.90. The van der Waals surface area contributed by atoms with Gasteiger partial charge in [-0.1, -0.05) is 29.5 Å². The fourth-order valence-corrected chi connectivity index (χ4v) is 5.06. The fourth-order valence-electron chi connectivity index (χ4n) is 2.67. The quantitative estimate of drug-likeness (QED) is 0.597. The lowest BCUT2D eigenvalue weighted by atomic mass is 9.83. The minimum absolute atomic E-state index is 0.0438. The van der Waals surface area contributed by atoms with Gasteiger partial charge in [-0.2, -0.15) is 0 Å². The Morgan fingerprint density at radius 1 is 1.26 bits per heavy atom. The third kappa shape index (κ3) is 1.60. The molecule has 0 bridgehead atoms. The molecule has 0 saturated heterocycles. The van der Waals surface area contributed by atoms with E-state index in [2.05, 4.69) is 4.98 Å². The number of hydrogen-bond acceptors (Lipinski definition) is 5. The molecule has 0 aliphatic carbocycles. The first-order valence-corrected chi connectivity index (χ1v) is 7.70. The molecule has 4 nitrogen and oxygen atoms in total. The minimum atomic E-state index is -0.196. The number of benzene rings is 1. The van der Waals surface area contributed by atoms with Crippen molar-refractivity contribution in [2.45, 2.75) is 10.9 Å². The monoisotopic (exact) mass is 291 g/mol. The molecule has 0 saturated carbocycles. The summed E-state index contributed by atoms with van der Waals surface area (Å²) < 4.78 is 5.39. The van der Waals surface area contributed by atoms with E-state index in [4.69, 9.17) is 4.74 Å². The van der Waals surface area contributed by atoms with Gasteiger partial charge in [-0.3, -0.25) is 9.59 Å². The van der Waals surface area contributed by atoms with Crippen molar-refractivity contribution < 1.29 is 9.53 Å².